The van der Waals surface area contributed by atoms with E-state index in [1.807, 2.05) is 18.7 Å². The summed E-state index contributed by atoms with van der Waals surface area (Å²) in [6.07, 6.45) is 4.01. The first-order valence-electron chi connectivity index (χ1n) is 5.94. The first-order valence-corrected chi connectivity index (χ1v) is 6.73. The van der Waals surface area contributed by atoms with Gasteiger partial charge in [-0.3, -0.25) is 9.48 Å². The molecule has 17 heavy (non-hydrogen) atoms. The molecule has 4 nitrogen and oxygen atoms in total. The fraction of sp³-hybridized carbons (Fsp3) is 0.667. The van der Waals surface area contributed by atoms with Gasteiger partial charge < -0.3 is 5.11 Å². The lowest BCUT2D eigenvalue weighted by atomic mass is 9.66. The molecular weight excluding hydrogens is 284 g/mol. The van der Waals surface area contributed by atoms with Crippen LogP contribution >= 0.6 is 15.9 Å². The van der Waals surface area contributed by atoms with E-state index >= 15 is 0 Å². The third kappa shape index (κ3) is 2.01. The van der Waals surface area contributed by atoms with Gasteiger partial charge in [0.25, 0.3) is 0 Å². The van der Waals surface area contributed by atoms with Gasteiger partial charge in [0.2, 0.25) is 0 Å². The number of rotatable bonds is 4. The molecule has 1 aliphatic rings. The Morgan fingerprint density at radius 1 is 1.59 bits per heavy atom. The van der Waals surface area contributed by atoms with Gasteiger partial charge in [-0.25, -0.2) is 0 Å². The third-order valence-corrected chi connectivity index (χ3v) is 4.69. The highest BCUT2D eigenvalue weighted by atomic mass is 79.9. The van der Waals surface area contributed by atoms with Gasteiger partial charge in [0.05, 0.1) is 21.3 Å². The molecule has 0 atom stereocenters. The highest BCUT2D eigenvalue weighted by Crippen LogP contribution is 2.45. The Balaban J connectivity index is 2.29. The maximum atomic E-state index is 11.4. The predicted molar refractivity (Wildman–Crippen MR) is 67.9 cm³/mol. The second-order valence-electron chi connectivity index (χ2n) is 4.80. The second kappa shape index (κ2) is 4.44. The van der Waals surface area contributed by atoms with Crippen molar-refractivity contribution in [2.24, 2.45) is 12.5 Å². The summed E-state index contributed by atoms with van der Waals surface area (Å²) in [5.41, 5.74) is 1.45. The molecule has 0 bridgehead atoms. The molecule has 94 valence electrons. The van der Waals surface area contributed by atoms with Crippen LogP contribution in [0, 0.1) is 5.41 Å². The average molecular weight is 301 g/mol. The van der Waals surface area contributed by atoms with Gasteiger partial charge in [0.15, 0.2) is 0 Å². The van der Waals surface area contributed by atoms with Gasteiger partial charge in [-0.05, 0) is 35.2 Å². The molecule has 0 unspecified atom stereocenters. The summed E-state index contributed by atoms with van der Waals surface area (Å²) in [6, 6.07) is 0. The summed E-state index contributed by atoms with van der Waals surface area (Å²) < 4.78 is 2.79. The number of carboxylic acid groups (broad SMARTS) is 1. The molecule has 0 spiro atoms. The molecule has 5 heteroatoms. The number of carbonyl (C=O) groups is 1. The van der Waals surface area contributed by atoms with E-state index in [0.29, 0.717) is 6.42 Å². The van der Waals surface area contributed by atoms with Crippen LogP contribution < -0.4 is 0 Å². The smallest absolute Gasteiger partial charge is 0.310 e. The van der Waals surface area contributed by atoms with E-state index in [0.717, 1.165) is 41.5 Å². The quantitative estimate of drug-likeness (QED) is 0.930. The van der Waals surface area contributed by atoms with Crippen molar-refractivity contribution in [3.8, 4) is 0 Å². The topological polar surface area (TPSA) is 55.1 Å². The molecule has 2 rings (SSSR count). The fourth-order valence-electron chi connectivity index (χ4n) is 2.40. The minimum atomic E-state index is -0.671. The summed E-state index contributed by atoms with van der Waals surface area (Å²) >= 11 is 3.54. The van der Waals surface area contributed by atoms with Crippen molar-refractivity contribution in [1.82, 2.24) is 9.78 Å². The summed E-state index contributed by atoms with van der Waals surface area (Å²) in [7, 11) is 1.88. The van der Waals surface area contributed by atoms with Crippen molar-refractivity contribution in [2.45, 2.75) is 39.0 Å². The summed E-state index contributed by atoms with van der Waals surface area (Å²) in [5.74, 6) is -0.671. The Labute approximate surface area is 109 Å². The standard InChI is InChI=1S/C12H17BrN2O2/c1-3-8-10(13)9(15(2)14-8)7-12(11(16)17)5-4-6-12/h3-7H2,1-2H3,(H,16,17). The lowest BCUT2D eigenvalue weighted by Crippen LogP contribution is -2.40. The van der Waals surface area contributed by atoms with E-state index in [1.54, 1.807) is 0 Å². The van der Waals surface area contributed by atoms with Gasteiger partial charge in [-0.1, -0.05) is 13.3 Å². The lowest BCUT2D eigenvalue weighted by molar-refractivity contribution is -0.154. The van der Waals surface area contributed by atoms with Crippen LogP contribution in [0.4, 0.5) is 0 Å². The normalized spacial score (nSPS) is 17.8. The van der Waals surface area contributed by atoms with E-state index < -0.39 is 11.4 Å². The summed E-state index contributed by atoms with van der Waals surface area (Å²) in [6.45, 7) is 2.05. The van der Waals surface area contributed by atoms with Gasteiger partial charge >= 0.3 is 5.97 Å². The third-order valence-electron chi connectivity index (χ3n) is 3.77. The van der Waals surface area contributed by atoms with Crippen molar-refractivity contribution in [3.05, 3.63) is 15.9 Å². The second-order valence-corrected chi connectivity index (χ2v) is 5.59. The Morgan fingerprint density at radius 3 is 2.59 bits per heavy atom. The van der Waals surface area contributed by atoms with Gasteiger partial charge in [0, 0.05) is 13.5 Å². The van der Waals surface area contributed by atoms with Crippen LogP contribution in [0.3, 0.4) is 0 Å². The zero-order chi connectivity index (χ0) is 12.6. The van der Waals surface area contributed by atoms with Crippen LogP contribution in [-0.2, 0) is 24.7 Å². The molecule has 1 aromatic rings. The van der Waals surface area contributed by atoms with Gasteiger partial charge in [-0.2, -0.15) is 5.10 Å². The Morgan fingerprint density at radius 2 is 2.24 bits per heavy atom. The highest BCUT2D eigenvalue weighted by molar-refractivity contribution is 9.10. The van der Waals surface area contributed by atoms with E-state index in [4.69, 9.17) is 0 Å². The van der Waals surface area contributed by atoms with Gasteiger partial charge in [0.1, 0.15) is 0 Å². The Kier molecular flexibility index (Phi) is 3.30. The molecule has 1 N–H and O–H groups in total. The number of aliphatic carboxylic acids is 1. The van der Waals surface area contributed by atoms with Crippen molar-refractivity contribution >= 4 is 21.9 Å². The average Bonchev–Trinajstić information content (AvgIpc) is 2.48. The molecule has 1 saturated carbocycles. The van der Waals surface area contributed by atoms with Crippen LogP contribution in [0.15, 0.2) is 4.47 Å². The summed E-state index contributed by atoms with van der Waals surface area (Å²) in [5, 5.41) is 13.8. The van der Waals surface area contributed by atoms with Crippen LogP contribution in [0.5, 0.6) is 0 Å². The van der Waals surface area contributed by atoms with Crippen molar-refractivity contribution in [3.63, 3.8) is 0 Å². The largest absolute Gasteiger partial charge is 0.481 e. The van der Waals surface area contributed by atoms with E-state index in [-0.39, 0.29) is 0 Å². The maximum Gasteiger partial charge on any atom is 0.310 e. The Hall–Kier alpha value is -0.840. The number of hydrogen-bond acceptors (Lipinski definition) is 2. The number of hydrogen-bond donors (Lipinski definition) is 1. The SMILES string of the molecule is CCc1nn(C)c(CC2(C(=O)O)CCC2)c1Br. The zero-order valence-corrected chi connectivity index (χ0v) is 11.7. The molecular formula is C12H17BrN2O2. The molecule has 0 aliphatic heterocycles. The van der Waals surface area contributed by atoms with Crippen molar-refractivity contribution in [1.29, 1.82) is 0 Å². The van der Waals surface area contributed by atoms with Crippen LogP contribution in [0.1, 0.15) is 37.6 Å². The number of carboxylic acids is 1. The number of aromatic nitrogens is 2. The van der Waals surface area contributed by atoms with Crippen molar-refractivity contribution < 1.29 is 9.90 Å². The van der Waals surface area contributed by atoms with Crippen molar-refractivity contribution in [2.75, 3.05) is 0 Å². The number of aryl methyl sites for hydroxylation is 2. The molecule has 1 aromatic heterocycles. The maximum absolute atomic E-state index is 11.4. The number of halogens is 1. The van der Waals surface area contributed by atoms with Crippen LogP contribution in [-0.4, -0.2) is 20.9 Å². The first kappa shape index (κ1) is 12.6. The van der Waals surface area contributed by atoms with Crippen LogP contribution in [0.25, 0.3) is 0 Å². The van der Waals surface area contributed by atoms with E-state index in [1.165, 1.54) is 0 Å². The number of nitrogens with zero attached hydrogens (tertiary/aromatic N) is 2. The highest BCUT2D eigenvalue weighted by Gasteiger charge is 2.45. The predicted octanol–water partition coefficient (Wildman–Crippen LogP) is 2.54. The first-order chi connectivity index (χ1) is 8.00. The minimum absolute atomic E-state index is 0.554. The van der Waals surface area contributed by atoms with E-state index in [2.05, 4.69) is 21.0 Å². The summed E-state index contributed by atoms with van der Waals surface area (Å²) in [4.78, 5) is 11.4. The monoisotopic (exact) mass is 300 g/mol. The van der Waals surface area contributed by atoms with E-state index in [9.17, 15) is 9.90 Å². The van der Waals surface area contributed by atoms with Crippen LogP contribution in [0.2, 0.25) is 0 Å². The molecule has 0 amide bonds. The fourth-order valence-corrected chi connectivity index (χ4v) is 3.16. The molecule has 0 saturated heterocycles. The lowest BCUT2D eigenvalue weighted by Gasteiger charge is -2.37. The minimum Gasteiger partial charge on any atom is -0.481 e. The molecule has 1 heterocycles. The zero-order valence-electron chi connectivity index (χ0n) is 10.2. The molecule has 0 aromatic carbocycles. The molecule has 1 fully saturated rings. The molecule has 0 radical (unpaired) electrons. The van der Waals surface area contributed by atoms with Gasteiger partial charge in [-0.15, -0.1) is 0 Å². The molecule has 1 aliphatic carbocycles. The Bertz CT molecular complexity index is 450.